The Morgan fingerprint density at radius 2 is 1.87 bits per heavy atom. The van der Waals surface area contributed by atoms with Crippen LogP contribution in [0.1, 0.15) is 10.4 Å². The molecule has 1 N–H and O–H groups in total. The van der Waals surface area contributed by atoms with Crippen LogP contribution in [0.25, 0.3) is 28.2 Å². The van der Waals surface area contributed by atoms with Crippen LogP contribution in [0, 0.1) is 0 Å². The Bertz CT molecular complexity index is 966. The van der Waals surface area contributed by atoms with Crippen LogP contribution in [-0.2, 0) is 0 Å². The number of hydrogen-bond donors (Lipinski definition) is 1. The van der Waals surface area contributed by atoms with Gasteiger partial charge in [0.2, 0.25) is 5.89 Å². The first-order chi connectivity index (χ1) is 11.2. The van der Waals surface area contributed by atoms with Crippen molar-refractivity contribution in [3.8, 4) is 17.1 Å². The zero-order valence-corrected chi connectivity index (χ0v) is 11.9. The quantitative estimate of drug-likeness (QED) is 0.627. The third kappa shape index (κ3) is 2.36. The van der Waals surface area contributed by atoms with Gasteiger partial charge in [-0.1, -0.05) is 12.1 Å². The highest BCUT2D eigenvalue weighted by molar-refractivity contribution is 5.87. The van der Waals surface area contributed by atoms with Crippen molar-refractivity contribution < 1.29 is 14.3 Å². The molecule has 6 nitrogen and oxygen atoms in total. The predicted molar refractivity (Wildman–Crippen MR) is 83.5 cm³/mol. The number of hydrogen-bond acceptors (Lipinski definition) is 4. The monoisotopic (exact) mass is 305 g/mol. The van der Waals surface area contributed by atoms with Gasteiger partial charge in [-0.25, -0.2) is 14.5 Å². The van der Waals surface area contributed by atoms with Crippen molar-refractivity contribution in [2.45, 2.75) is 0 Å². The lowest BCUT2D eigenvalue weighted by Gasteiger charge is -2.01. The Hall–Kier alpha value is -3.41. The van der Waals surface area contributed by atoms with Gasteiger partial charge in [0.1, 0.15) is 5.52 Å². The number of carboxylic acid groups (broad SMARTS) is 1. The number of aromatic carboxylic acids is 1. The normalized spacial score (nSPS) is 11.0. The lowest BCUT2D eigenvalue weighted by atomic mass is 10.2. The van der Waals surface area contributed by atoms with E-state index in [9.17, 15) is 4.79 Å². The van der Waals surface area contributed by atoms with Crippen LogP contribution < -0.4 is 0 Å². The van der Waals surface area contributed by atoms with E-state index in [0.717, 1.165) is 22.4 Å². The van der Waals surface area contributed by atoms with Crippen LogP contribution in [-0.4, -0.2) is 25.8 Å². The highest BCUT2D eigenvalue weighted by Crippen LogP contribution is 2.24. The summed E-state index contributed by atoms with van der Waals surface area (Å²) in [7, 11) is 0. The van der Waals surface area contributed by atoms with Crippen molar-refractivity contribution in [3.63, 3.8) is 0 Å². The molecule has 0 unspecified atom stereocenters. The van der Waals surface area contributed by atoms with Gasteiger partial charge in [0.25, 0.3) is 0 Å². The zero-order valence-electron chi connectivity index (χ0n) is 11.9. The zero-order chi connectivity index (χ0) is 15.8. The number of rotatable bonds is 3. The maximum Gasteiger partial charge on any atom is 0.335 e. The number of oxazole rings is 1. The molecule has 23 heavy (non-hydrogen) atoms. The van der Waals surface area contributed by atoms with E-state index in [1.807, 2.05) is 24.3 Å². The highest BCUT2D eigenvalue weighted by Gasteiger charge is 2.11. The van der Waals surface area contributed by atoms with Crippen LogP contribution >= 0.6 is 0 Å². The molecule has 0 amide bonds. The summed E-state index contributed by atoms with van der Waals surface area (Å²) < 4.78 is 7.36. The fourth-order valence-corrected chi connectivity index (χ4v) is 2.33. The largest absolute Gasteiger partial charge is 0.478 e. The van der Waals surface area contributed by atoms with Gasteiger partial charge in [-0.05, 0) is 36.4 Å². The highest BCUT2D eigenvalue weighted by atomic mass is 16.4. The summed E-state index contributed by atoms with van der Waals surface area (Å²) in [5.41, 5.74) is 3.27. The average Bonchev–Trinajstić information content (AvgIpc) is 3.21. The molecule has 2 heterocycles. The fraction of sp³-hybridized carbons (Fsp3) is 0. The third-order valence-electron chi connectivity index (χ3n) is 3.50. The predicted octanol–water partition coefficient (Wildman–Crippen LogP) is 3.38. The fourth-order valence-electron chi connectivity index (χ4n) is 2.33. The molecule has 0 bridgehead atoms. The number of carboxylic acids is 1. The Morgan fingerprint density at radius 1 is 1.09 bits per heavy atom. The molecule has 0 aliphatic heterocycles. The molecule has 4 rings (SSSR count). The van der Waals surface area contributed by atoms with Crippen LogP contribution in [0.5, 0.6) is 0 Å². The maximum atomic E-state index is 10.9. The Morgan fingerprint density at radius 3 is 2.61 bits per heavy atom. The molecule has 0 fully saturated rings. The summed E-state index contributed by atoms with van der Waals surface area (Å²) in [5, 5.41) is 13.2. The topological polar surface area (TPSA) is 81.1 Å². The van der Waals surface area contributed by atoms with Crippen molar-refractivity contribution in [2.75, 3.05) is 0 Å². The Balaban J connectivity index is 1.69. The molecule has 112 valence electrons. The smallest absolute Gasteiger partial charge is 0.335 e. The number of carbonyl (C=O) groups is 1. The van der Waals surface area contributed by atoms with Crippen molar-refractivity contribution in [3.05, 3.63) is 66.5 Å². The number of aromatic nitrogens is 3. The average molecular weight is 305 g/mol. The van der Waals surface area contributed by atoms with E-state index in [0.29, 0.717) is 5.89 Å². The Labute approximate surface area is 130 Å². The van der Waals surface area contributed by atoms with Gasteiger partial charge >= 0.3 is 5.97 Å². The van der Waals surface area contributed by atoms with Gasteiger partial charge < -0.3 is 9.52 Å². The lowest BCUT2D eigenvalue weighted by molar-refractivity contribution is 0.0697. The van der Waals surface area contributed by atoms with Gasteiger partial charge in [0, 0.05) is 6.20 Å². The minimum atomic E-state index is -0.954. The first-order valence-electron chi connectivity index (χ1n) is 6.95. The van der Waals surface area contributed by atoms with Crippen LogP contribution in [0.3, 0.4) is 0 Å². The lowest BCUT2D eigenvalue weighted by Crippen LogP contribution is -1.98. The van der Waals surface area contributed by atoms with Crippen LogP contribution in [0.4, 0.5) is 0 Å². The summed E-state index contributed by atoms with van der Waals surface area (Å²) in [6.07, 6.45) is 3.45. The molecule has 0 aliphatic carbocycles. The minimum Gasteiger partial charge on any atom is -0.478 e. The van der Waals surface area contributed by atoms with Crippen molar-refractivity contribution in [1.29, 1.82) is 0 Å². The molecule has 4 aromatic rings. The molecule has 0 radical (unpaired) electrons. The minimum absolute atomic E-state index is 0.236. The van der Waals surface area contributed by atoms with E-state index in [-0.39, 0.29) is 5.56 Å². The molecular weight excluding hydrogens is 294 g/mol. The molecule has 0 aliphatic rings. The second-order valence-electron chi connectivity index (χ2n) is 5.01. The first kappa shape index (κ1) is 13.3. The summed E-state index contributed by atoms with van der Waals surface area (Å²) in [5.74, 6) is -0.455. The number of fused-ring (bicyclic) bond motifs is 1. The number of para-hydroxylation sites is 2. The Kier molecular flexibility index (Phi) is 2.94. The second-order valence-corrected chi connectivity index (χ2v) is 5.01. The molecule has 0 atom stereocenters. The van der Waals surface area contributed by atoms with E-state index >= 15 is 0 Å². The van der Waals surface area contributed by atoms with E-state index in [1.54, 1.807) is 41.3 Å². The van der Waals surface area contributed by atoms with Crippen LogP contribution in [0.15, 0.2) is 65.3 Å². The van der Waals surface area contributed by atoms with Crippen molar-refractivity contribution in [1.82, 2.24) is 14.8 Å². The number of nitrogens with zero attached hydrogens (tertiary/aromatic N) is 3. The van der Waals surface area contributed by atoms with Crippen LogP contribution in [0.2, 0.25) is 0 Å². The van der Waals surface area contributed by atoms with Gasteiger partial charge in [0.15, 0.2) is 5.58 Å². The molecular formula is C17H11N3O3. The molecule has 0 saturated heterocycles. The first-order valence-corrected chi connectivity index (χ1v) is 6.95. The van der Waals surface area contributed by atoms with E-state index < -0.39 is 5.97 Å². The van der Waals surface area contributed by atoms with Gasteiger partial charge in [-0.15, -0.1) is 0 Å². The van der Waals surface area contributed by atoms with E-state index in [4.69, 9.17) is 9.52 Å². The molecule has 2 aromatic carbocycles. The van der Waals surface area contributed by atoms with Crippen molar-refractivity contribution >= 4 is 17.1 Å². The molecule has 0 saturated carbocycles. The van der Waals surface area contributed by atoms with E-state index in [2.05, 4.69) is 10.1 Å². The summed E-state index contributed by atoms with van der Waals surface area (Å²) in [4.78, 5) is 15.3. The third-order valence-corrected chi connectivity index (χ3v) is 3.50. The SMILES string of the molecule is O=C(O)c1ccc(-n2cc(-c3nc4ccccc4o3)cn2)cc1. The second kappa shape index (κ2) is 5.10. The molecule has 2 aromatic heterocycles. The van der Waals surface area contributed by atoms with Gasteiger partial charge in [-0.3, -0.25) is 0 Å². The van der Waals surface area contributed by atoms with Gasteiger partial charge in [0.05, 0.1) is 23.0 Å². The van der Waals surface area contributed by atoms with Crippen molar-refractivity contribution in [2.24, 2.45) is 0 Å². The van der Waals surface area contributed by atoms with Gasteiger partial charge in [-0.2, -0.15) is 5.10 Å². The summed E-state index contributed by atoms with van der Waals surface area (Å²) in [6, 6.07) is 14.0. The number of benzene rings is 2. The molecule has 6 heteroatoms. The summed E-state index contributed by atoms with van der Waals surface area (Å²) in [6.45, 7) is 0. The standard InChI is InChI=1S/C17H11N3O3/c21-17(22)11-5-7-13(8-6-11)20-10-12(9-18-20)16-19-14-3-1-2-4-15(14)23-16/h1-10H,(H,21,22). The summed E-state index contributed by atoms with van der Waals surface area (Å²) >= 11 is 0. The maximum absolute atomic E-state index is 10.9. The molecule has 0 spiro atoms. The van der Waals surface area contributed by atoms with E-state index in [1.165, 1.54) is 0 Å².